The van der Waals surface area contributed by atoms with Gasteiger partial charge in [0.1, 0.15) is 11.3 Å². The summed E-state index contributed by atoms with van der Waals surface area (Å²) in [7, 11) is 0. The summed E-state index contributed by atoms with van der Waals surface area (Å²) < 4.78 is 2.77. The van der Waals surface area contributed by atoms with E-state index < -0.39 is 0 Å². The Morgan fingerprint density at radius 3 is 2.89 bits per heavy atom. The van der Waals surface area contributed by atoms with Crippen molar-refractivity contribution in [3.05, 3.63) is 34.2 Å². The Hall–Kier alpha value is -1.36. The molecule has 5 heteroatoms. The minimum atomic E-state index is -0.0562. The van der Waals surface area contributed by atoms with Gasteiger partial charge in [0.25, 0.3) is 5.91 Å². The van der Waals surface area contributed by atoms with Crippen molar-refractivity contribution in [2.45, 2.75) is 26.7 Å². The molecule has 96 valence electrons. The van der Waals surface area contributed by atoms with Gasteiger partial charge >= 0.3 is 0 Å². The molecule has 0 aliphatic carbocycles. The Kier molecular flexibility index (Phi) is 4.01. The molecule has 0 saturated heterocycles. The van der Waals surface area contributed by atoms with Crippen molar-refractivity contribution >= 4 is 27.5 Å². The predicted octanol–water partition coefficient (Wildman–Crippen LogP) is 2.80. The molecule has 18 heavy (non-hydrogen) atoms. The molecule has 2 heterocycles. The summed E-state index contributed by atoms with van der Waals surface area (Å²) in [5.74, 6) is -0.0562. The van der Waals surface area contributed by atoms with Crippen LogP contribution in [0.2, 0.25) is 0 Å². The quantitative estimate of drug-likeness (QED) is 0.944. The minimum Gasteiger partial charge on any atom is -0.351 e. The number of carbonyl (C=O) groups is 1. The van der Waals surface area contributed by atoms with Crippen molar-refractivity contribution in [3.8, 4) is 0 Å². The van der Waals surface area contributed by atoms with Gasteiger partial charge in [-0.05, 0) is 40.9 Å². The monoisotopic (exact) mass is 309 g/mol. The van der Waals surface area contributed by atoms with Crippen molar-refractivity contribution in [2.75, 3.05) is 6.54 Å². The lowest BCUT2D eigenvalue weighted by Crippen LogP contribution is -2.26. The van der Waals surface area contributed by atoms with E-state index >= 15 is 0 Å². The van der Waals surface area contributed by atoms with E-state index in [-0.39, 0.29) is 5.91 Å². The van der Waals surface area contributed by atoms with E-state index in [1.165, 1.54) is 0 Å². The second kappa shape index (κ2) is 5.52. The van der Waals surface area contributed by atoms with Crippen LogP contribution >= 0.6 is 15.9 Å². The normalized spacial score (nSPS) is 10.8. The molecular formula is C13H16BrN3O. The molecule has 1 N–H and O–H groups in total. The van der Waals surface area contributed by atoms with Crippen LogP contribution in [0, 0.1) is 0 Å². The molecule has 0 aliphatic rings. The van der Waals surface area contributed by atoms with E-state index in [2.05, 4.69) is 26.2 Å². The number of halogens is 1. The maximum Gasteiger partial charge on any atom is 0.270 e. The van der Waals surface area contributed by atoms with Gasteiger partial charge in [-0.25, -0.2) is 4.98 Å². The summed E-state index contributed by atoms with van der Waals surface area (Å²) in [6, 6.07) is 3.83. The summed E-state index contributed by atoms with van der Waals surface area (Å²) in [4.78, 5) is 16.7. The van der Waals surface area contributed by atoms with E-state index in [1.807, 2.05) is 36.6 Å². The summed E-state index contributed by atoms with van der Waals surface area (Å²) in [6.07, 6.45) is 3.55. The Labute approximate surface area is 115 Å². The number of rotatable bonds is 4. The summed E-state index contributed by atoms with van der Waals surface area (Å²) in [5.41, 5.74) is 2.28. The highest BCUT2D eigenvalue weighted by atomic mass is 79.9. The van der Waals surface area contributed by atoms with Gasteiger partial charge in [0.15, 0.2) is 0 Å². The first-order valence-corrected chi connectivity index (χ1v) is 6.91. The number of hydrogen-bond acceptors (Lipinski definition) is 2. The van der Waals surface area contributed by atoms with Crippen molar-refractivity contribution in [1.82, 2.24) is 14.7 Å². The van der Waals surface area contributed by atoms with Crippen molar-refractivity contribution in [3.63, 3.8) is 0 Å². The van der Waals surface area contributed by atoms with Crippen molar-refractivity contribution in [2.24, 2.45) is 0 Å². The second-order valence-electron chi connectivity index (χ2n) is 4.09. The number of carbonyl (C=O) groups excluding carboxylic acids is 1. The van der Waals surface area contributed by atoms with E-state index in [0.29, 0.717) is 12.2 Å². The minimum absolute atomic E-state index is 0.0562. The lowest BCUT2D eigenvalue weighted by Gasteiger charge is -2.05. The summed E-state index contributed by atoms with van der Waals surface area (Å²) in [5, 5.41) is 2.91. The third-order valence-corrected chi connectivity index (χ3v) is 3.21. The molecule has 0 unspecified atom stereocenters. The first-order chi connectivity index (χ1) is 8.67. The molecule has 4 nitrogen and oxygen atoms in total. The zero-order valence-corrected chi connectivity index (χ0v) is 12.1. The van der Waals surface area contributed by atoms with Gasteiger partial charge in [0, 0.05) is 17.2 Å². The third kappa shape index (κ3) is 2.41. The standard InChI is InChI=1S/C13H16BrN3O/c1-3-7-15-13(18)12-10(4-2)16-11-6-5-9(14)8-17(11)12/h5-6,8H,3-4,7H2,1-2H3,(H,15,18). The van der Waals surface area contributed by atoms with E-state index in [0.717, 1.165) is 28.7 Å². The molecule has 2 aromatic rings. The summed E-state index contributed by atoms with van der Waals surface area (Å²) >= 11 is 3.42. The first kappa shape index (κ1) is 13.1. The molecule has 0 fully saturated rings. The van der Waals surface area contributed by atoms with Crippen molar-refractivity contribution < 1.29 is 4.79 Å². The Bertz CT molecular complexity index is 577. The van der Waals surface area contributed by atoms with Gasteiger partial charge in [0.05, 0.1) is 5.69 Å². The first-order valence-electron chi connectivity index (χ1n) is 6.12. The number of nitrogens with zero attached hydrogens (tertiary/aromatic N) is 2. The number of hydrogen-bond donors (Lipinski definition) is 1. The maximum atomic E-state index is 12.2. The van der Waals surface area contributed by atoms with Crippen LogP contribution in [-0.4, -0.2) is 21.8 Å². The van der Waals surface area contributed by atoms with E-state index in [1.54, 1.807) is 0 Å². The Morgan fingerprint density at radius 1 is 1.44 bits per heavy atom. The highest BCUT2D eigenvalue weighted by Crippen LogP contribution is 2.17. The van der Waals surface area contributed by atoms with Crippen LogP contribution in [0.1, 0.15) is 36.5 Å². The van der Waals surface area contributed by atoms with Crippen LogP contribution in [-0.2, 0) is 6.42 Å². The fraction of sp³-hybridized carbons (Fsp3) is 0.385. The fourth-order valence-electron chi connectivity index (χ4n) is 1.88. The van der Waals surface area contributed by atoms with Crippen LogP contribution in [0.25, 0.3) is 5.65 Å². The van der Waals surface area contributed by atoms with E-state index in [9.17, 15) is 4.79 Å². The van der Waals surface area contributed by atoms with E-state index in [4.69, 9.17) is 0 Å². The van der Waals surface area contributed by atoms with Gasteiger partial charge in [-0.2, -0.15) is 0 Å². The number of nitrogens with one attached hydrogen (secondary N) is 1. The number of aromatic nitrogens is 2. The Morgan fingerprint density at radius 2 is 2.22 bits per heavy atom. The van der Waals surface area contributed by atoms with Gasteiger partial charge in [-0.1, -0.05) is 13.8 Å². The molecule has 0 spiro atoms. The topological polar surface area (TPSA) is 46.4 Å². The second-order valence-corrected chi connectivity index (χ2v) is 5.01. The number of aryl methyl sites for hydroxylation is 1. The van der Waals surface area contributed by atoms with Crippen molar-refractivity contribution in [1.29, 1.82) is 0 Å². The zero-order chi connectivity index (χ0) is 13.1. The zero-order valence-electron chi connectivity index (χ0n) is 10.5. The number of amides is 1. The van der Waals surface area contributed by atoms with Gasteiger partial charge in [0.2, 0.25) is 0 Å². The Balaban J connectivity index is 2.51. The highest BCUT2D eigenvalue weighted by Gasteiger charge is 2.17. The van der Waals surface area contributed by atoms with Crippen LogP contribution in [0.15, 0.2) is 22.8 Å². The molecule has 0 aromatic carbocycles. The van der Waals surface area contributed by atoms with Crippen LogP contribution in [0.5, 0.6) is 0 Å². The lowest BCUT2D eigenvalue weighted by atomic mass is 10.2. The van der Waals surface area contributed by atoms with Crippen LogP contribution in [0.3, 0.4) is 0 Å². The molecule has 2 rings (SSSR count). The van der Waals surface area contributed by atoms with Gasteiger partial charge in [-0.15, -0.1) is 0 Å². The smallest absolute Gasteiger partial charge is 0.270 e. The molecular weight excluding hydrogens is 294 g/mol. The van der Waals surface area contributed by atoms with Gasteiger partial charge in [-0.3, -0.25) is 9.20 Å². The molecule has 0 saturated carbocycles. The predicted molar refractivity (Wildman–Crippen MR) is 74.9 cm³/mol. The maximum absolute atomic E-state index is 12.2. The number of imidazole rings is 1. The molecule has 2 aromatic heterocycles. The lowest BCUT2D eigenvalue weighted by molar-refractivity contribution is 0.0947. The SMILES string of the molecule is CCCNC(=O)c1c(CC)nc2ccc(Br)cn12. The third-order valence-electron chi connectivity index (χ3n) is 2.74. The highest BCUT2D eigenvalue weighted by molar-refractivity contribution is 9.10. The molecule has 0 atom stereocenters. The molecule has 0 aliphatic heterocycles. The van der Waals surface area contributed by atoms with Crippen LogP contribution in [0.4, 0.5) is 0 Å². The average molecular weight is 310 g/mol. The largest absolute Gasteiger partial charge is 0.351 e. The average Bonchev–Trinajstić information content (AvgIpc) is 2.73. The summed E-state index contributed by atoms with van der Waals surface area (Å²) in [6.45, 7) is 4.72. The fourth-order valence-corrected chi connectivity index (χ4v) is 2.21. The molecule has 0 radical (unpaired) electrons. The number of fused-ring (bicyclic) bond motifs is 1. The van der Waals surface area contributed by atoms with Gasteiger partial charge < -0.3 is 5.32 Å². The number of pyridine rings is 1. The molecule has 0 bridgehead atoms. The molecule has 1 amide bonds. The van der Waals surface area contributed by atoms with Crippen LogP contribution < -0.4 is 5.32 Å².